The maximum Gasteiger partial charge on any atom is 0.258 e. The average Bonchev–Trinajstić information content (AvgIpc) is 2.67. The first-order valence-electron chi connectivity index (χ1n) is 8.93. The van der Waals surface area contributed by atoms with Gasteiger partial charge in [0.2, 0.25) is 5.91 Å². The van der Waals surface area contributed by atoms with Gasteiger partial charge < -0.3 is 9.88 Å². The van der Waals surface area contributed by atoms with Crippen molar-refractivity contribution in [1.29, 1.82) is 0 Å². The first-order valence-corrected chi connectivity index (χ1v) is 8.93. The lowest BCUT2D eigenvalue weighted by molar-refractivity contribution is -0.132. The Morgan fingerprint density at radius 3 is 2.48 bits per heavy atom. The maximum atomic E-state index is 12.6. The number of nitrogens with one attached hydrogen (secondary N) is 1. The van der Waals surface area contributed by atoms with E-state index in [1.807, 2.05) is 74.4 Å². The van der Waals surface area contributed by atoms with Gasteiger partial charge in [-0.2, -0.15) is 0 Å². The van der Waals surface area contributed by atoms with E-state index in [4.69, 9.17) is 0 Å². The van der Waals surface area contributed by atoms with Gasteiger partial charge in [0, 0.05) is 7.05 Å². The molecular weight excluding hydrogens is 340 g/mol. The summed E-state index contributed by atoms with van der Waals surface area (Å²) in [6, 6.07) is 17.2. The van der Waals surface area contributed by atoms with Crippen LogP contribution in [0.2, 0.25) is 0 Å². The highest BCUT2D eigenvalue weighted by Gasteiger charge is 2.19. The van der Waals surface area contributed by atoms with Crippen molar-refractivity contribution in [2.45, 2.75) is 19.5 Å². The second-order valence-corrected chi connectivity index (χ2v) is 6.79. The molecule has 0 aliphatic carbocycles. The molecule has 1 aromatic heterocycles. The standard InChI is InChI=1S/C21H24N4O2/c1-15(16-9-5-4-6-10-16)25(3)20(26)14-24(2)13-19-22-18-12-8-7-11-17(18)21(27)23-19/h4-12,15H,13-14H2,1-3H3,(H,22,23,27). The van der Waals surface area contributed by atoms with Crippen molar-refractivity contribution in [3.63, 3.8) is 0 Å². The van der Waals surface area contributed by atoms with Gasteiger partial charge in [0.1, 0.15) is 5.82 Å². The van der Waals surface area contributed by atoms with Crippen LogP contribution in [0.5, 0.6) is 0 Å². The molecule has 3 rings (SSSR count). The van der Waals surface area contributed by atoms with E-state index in [0.717, 1.165) is 5.56 Å². The summed E-state index contributed by atoms with van der Waals surface area (Å²) in [6.07, 6.45) is 0. The van der Waals surface area contributed by atoms with Crippen molar-refractivity contribution in [3.05, 3.63) is 76.3 Å². The minimum Gasteiger partial charge on any atom is -0.338 e. The summed E-state index contributed by atoms with van der Waals surface area (Å²) in [5.74, 6) is 0.560. The molecule has 1 unspecified atom stereocenters. The monoisotopic (exact) mass is 364 g/mol. The Kier molecular flexibility index (Phi) is 5.66. The van der Waals surface area contributed by atoms with Gasteiger partial charge in [-0.25, -0.2) is 4.98 Å². The molecule has 2 aromatic carbocycles. The van der Waals surface area contributed by atoms with Crippen molar-refractivity contribution in [1.82, 2.24) is 19.8 Å². The summed E-state index contributed by atoms with van der Waals surface area (Å²) in [4.78, 5) is 35.7. The summed E-state index contributed by atoms with van der Waals surface area (Å²) >= 11 is 0. The third kappa shape index (κ3) is 4.41. The molecule has 0 saturated carbocycles. The van der Waals surface area contributed by atoms with Gasteiger partial charge in [-0.05, 0) is 31.7 Å². The number of fused-ring (bicyclic) bond motifs is 1. The smallest absolute Gasteiger partial charge is 0.258 e. The maximum absolute atomic E-state index is 12.6. The van der Waals surface area contributed by atoms with Crippen LogP contribution in [-0.2, 0) is 11.3 Å². The molecule has 0 bridgehead atoms. The van der Waals surface area contributed by atoms with E-state index in [0.29, 0.717) is 23.3 Å². The number of hydrogen-bond donors (Lipinski definition) is 1. The van der Waals surface area contributed by atoms with Crippen molar-refractivity contribution in [2.75, 3.05) is 20.6 Å². The zero-order valence-electron chi connectivity index (χ0n) is 15.8. The number of hydrogen-bond acceptors (Lipinski definition) is 4. The molecule has 1 N–H and O–H groups in total. The Morgan fingerprint density at radius 1 is 1.07 bits per heavy atom. The van der Waals surface area contributed by atoms with Crippen molar-refractivity contribution in [2.24, 2.45) is 0 Å². The fraction of sp³-hybridized carbons (Fsp3) is 0.286. The van der Waals surface area contributed by atoms with Gasteiger partial charge in [-0.15, -0.1) is 0 Å². The molecule has 3 aromatic rings. The van der Waals surface area contributed by atoms with Crippen LogP contribution in [0, 0.1) is 0 Å². The highest BCUT2D eigenvalue weighted by atomic mass is 16.2. The SMILES string of the molecule is CC(c1ccccc1)N(C)C(=O)CN(C)Cc1nc2ccccc2c(=O)[nH]1. The van der Waals surface area contributed by atoms with Crippen LogP contribution in [0.1, 0.15) is 24.4 Å². The number of para-hydroxylation sites is 1. The van der Waals surface area contributed by atoms with E-state index in [1.54, 1.807) is 11.0 Å². The summed E-state index contributed by atoms with van der Waals surface area (Å²) in [6.45, 7) is 2.64. The molecule has 0 radical (unpaired) electrons. The van der Waals surface area contributed by atoms with Crippen LogP contribution >= 0.6 is 0 Å². The molecule has 1 atom stereocenters. The normalized spacial score (nSPS) is 12.3. The third-order valence-electron chi connectivity index (χ3n) is 4.74. The molecule has 27 heavy (non-hydrogen) atoms. The fourth-order valence-corrected chi connectivity index (χ4v) is 3.03. The van der Waals surface area contributed by atoms with Crippen LogP contribution in [0.4, 0.5) is 0 Å². The first-order chi connectivity index (χ1) is 13.0. The zero-order valence-corrected chi connectivity index (χ0v) is 15.8. The highest BCUT2D eigenvalue weighted by molar-refractivity contribution is 5.78. The van der Waals surface area contributed by atoms with E-state index in [1.165, 1.54) is 0 Å². The summed E-state index contributed by atoms with van der Waals surface area (Å²) in [5, 5.41) is 0.566. The number of amides is 1. The lowest BCUT2D eigenvalue weighted by Crippen LogP contribution is -2.38. The first kappa shape index (κ1) is 18.8. The van der Waals surface area contributed by atoms with Crippen LogP contribution in [-0.4, -0.2) is 46.3 Å². The number of likely N-dealkylation sites (N-methyl/N-ethyl adjacent to an activating group) is 2. The topological polar surface area (TPSA) is 69.3 Å². The van der Waals surface area contributed by atoms with Gasteiger partial charge >= 0.3 is 0 Å². The summed E-state index contributed by atoms with van der Waals surface area (Å²) in [7, 11) is 3.65. The number of aromatic amines is 1. The van der Waals surface area contributed by atoms with E-state index >= 15 is 0 Å². The quantitative estimate of drug-likeness (QED) is 0.730. The Morgan fingerprint density at radius 2 is 1.74 bits per heavy atom. The number of nitrogens with zero attached hydrogens (tertiary/aromatic N) is 3. The largest absolute Gasteiger partial charge is 0.338 e. The van der Waals surface area contributed by atoms with Crippen LogP contribution in [0.3, 0.4) is 0 Å². The molecule has 1 amide bonds. The highest BCUT2D eigenvalue weighted by Crippen LogP contribution is 2.18. The Labute approximate surface area is 158 Å². The number of H-pyrrole nitrogens is 1. The van der Waals surface area contributed by atoms with Crippen molar-refractivity contribution in [3.8, 4) is 0 Å². The fourth-order valence-electron chi connectivity index (χ4n) is 3.03. The Balaban J connectivity index is 1.66. The average molecular weight is 364 g/mol. The number of benzene rings is 2. The summed E-state index contributed by atoms with van der Waals surface area (Å²) in [5.41, 5.74) is 1.59. The van der Waals surface area contributed by atoms with Gasteiger partial charge in [0.25, 0.3) is 5.56 Å². The minimum atomic E-state index is -0.162. The molecule has 1 heterocycles. The molecule has 0 fully saturated rings. The Bertz CT molecular complexity index is 984. The second kappa shape index (κ2) is 8.14. The molecular formula is C21H24N4O2. The van der Waals surface area contributed by atoms with E-state index < -0.39 is 0 Å². The lowest BCUT2D eigenvalue weighted by atomic mass is 10.1. The molecule has 0 aliphatic rings. The van der Waals surface area contributed by atoms with E-state index in [-0.39, 0.29) is 24.1 Å². The lowest BCUT2D eigenvalue weighted by Gasteiger charge is -2.27. The van der Waals surface area contributed by atoms with Crippen LogP contribution < -0.4 is 5.56 Å². The molecule has 0 aliphatic heterocycles. The predicted octanol–water partition coefficient (Wildman–Crippen LogP) is 2.57. The van der Waals surface area contributed by atoms with Crippen LogP contribution in [0.15, 0.2) is 59.4 Å². The molecule has 0 saturated heterocycles. The minimum absolute atomic E-state index is 0.00861. The Hall–Kier alpha value is -2.99. The van der Waals surface area contributed by atoms with Gasteiger partial charge in [0.05, 0.1) is 30.0 Å². The number of carbonyl (C=O) groups excluding carboxylic acids is 1. The molecule has 140 valence electrons. The van der Waals surface area contributed by atoms with Gasteiger partial charge in [-0.1, -0.05) is 42.5 Å². The van der Waals surface area contributed by atoms with Gasteiger partial charge in [0.15, 0.2) is 0 Å². The predicted molar refractivity (Wildman–Crippen MR) is 106 cm³/mol. The number of rotatable bonds is 6. The number of carbonyl (C=O) groups is 1. The molecule has 0 spiro atoms. The van der Waals surface area contributed by atoms with Crippen molar-refractivity contribution >= 4 is 16.8 Å². The third-order valence-corrected chi connectivity index (χ3v) is 4.74. The van der Waals surface area contributed by atoms with Crippen LogP contribution in [0.25, 0.3) is 10.9 Å². The summed E-state index contributed by atoms with van der Waals surface area (Å²) < 4.78 is 0. The van der Waals surface area contributed by atoms with Gasteiger partial charge in [-0.3, -0.25) is 14.5 Å². The van der Waals surface area contributed by atoms with Crippen molar-refractivity contribution < 1.29 is 4.79 Å². The van der Waals surface area contributed by atoms with E-state index in [9.17, 15) is 9.59 Å². The zero-order chi connectivity index (χ0) is 19.4. The second-order valence-electron chi connectivity index (χ2n) is 6.79. The molecule has 6 nitrogen and oxygen atoms in total. The molecule has 6 heteroatoms. The van der Waals surface area contributed by atoms with E-state index in [2.05, 4.69) is 9.97 Å². The number of aromatic nitrogens is 2.